The van der Waals surface area contributed by atoms with E-state index in [9.17, 15) is 0 Å². The zero-order chi connectivity index (χ0) is 15.3. The Labute approximate surface area is 130 Å². The largest absolute Gasteiger partial charge is 0.377 e. The highest BCUT2D eigenvalue weighted by molar-refractivity contribution is 5.21. The molecule has 3 fully saturated rings. The van der Waals surface area contributed by atoms with Gasteiger partial charge in [0.2, 0.25) is 0 Å². The lowest BCUT2D eigenvalue weighted by molar-refractivity contribution is -0.232. The average Bonchev–Trinajstić information content (AvgIpc) is 2.47. The Kier molecular flexibility index (Phi) is 4.13. The number of ether oxygens (including phenoxy) is 1. The lowest BCUT2D eigenvalue weighted by Gasteiger charge is -2.67. The molecule has 3 aliphatic rings. The number of rotatable bonds is 3. The van der Waals surface area contributed by atoms with Crippen molar-refractivity contribution >= 4 is 0 Å². The topological polar surface area (TPSA) is 38.5 Å². The van der Waals surface area contributed by atoms with Gasteiger partial charge in [0, 0.05) is 36.1 Å². The van der Waals surface area contributed by atoms with Crippen LogP contribution in [0.1, 0.15) is 59.3 Å². The molecule has 3 heteroatoms. The summed E-state index contributed by atoms with van der Waals surface area (Å²) in [7, 11) is 2.30. The molecule has 1 heterocycles. The number of nitrogens with two attached hydrogens (primary N) is 1. The predicted octanol–water partition coefficient (Wildman–Crippen LogP) is 3.03. The monoisotopic (exact) mass is 294 g/mol. The van der Waals surface area contributed by atoms with Gasteiger partial charge in [0.05, 0.1) is 6.10 Å². The van der Waals surface area contributed by atoms with Gasteiger partial charge in [0.1, 0.15) is 0 Å². The molecule has 2 aliphatic carbocycles. The third-order valence-electron chi connectivity index (χ3n) is 6.94. The second-order valence-electron chi connectivity index (χ2n) is 8.64. The smallest absolute Gasteiger partial charge is 0.0690 e. The SMILES string of the molecule is CC1CCCC(N(C)CC2(N)C3CCCOC3C2(C)C)C1. The van der Waals surface area contributed by atoms with Crippen LogP contribution < -0.4 is 5.73 Å². The van der Waals surface area contributed by atoms with E-state index in [1.54, 1.807) is 0 Å². The molecule has 0 amide bonds. The highest BCUT2D eigenvalue weighted by atomic mass is 16.5. The van der Waals surface area contributed by atoms with Crippen LogP contribution in [0.5, 0.6) is 0 Å². The Bertz CT molecular complexity index is 383. The fourth-order valence-electron chi connectivity index (χ4n) is 5.33. The van der Waals surface area contributed by atoms with Crippen molar-refractivity contribution in [2.75, 3.05) is 20.2 Å². The van der Waals surface area contributed by atoms with Gasteiger partial charge in [-0.2, -0.15) is 0 Å². The molecule has 0 aromatic rings. The minimum absolute atomic E-state index is 0.0759. The van der Waals surface area contributed by atoms with E-state index in [4.69, 9.17) is 10.5 Å². The van der Waals surface area contributed by atoms with Gasteiger partial charge in [-0.1, -0.05) is 33.6 Å². The summed E-state index contributed by atoms with van der Waals surface area (Å²) in [5.74, 6) is 1.44. The van der Waals surface area contributed by atoms with Gasteiger partial charge in [0.25, 0.3) is 0 Å². The van der Waals surface area contributed by atoms with E-state index in [1.807, 2.05) is 0 Å². The van der Waals surface area contributed by atoms with E-state index in [0.717, 1.165) is 25.1 Å². The van der Waals surface area contributed by atoms with Crippen LogP contribution in [0.4, 0.5) is 0 Å². The van der Waals surface area contributed by atoms with Crippen molar-refractivity contribution in [3.63, 3.8) is 0 Å². The first-order chi connectivity index (χ1) is 9.86. The average molecular weight is 294 g/mol. The molecule has 3 nitrogen and oxygen atoms in total. The quantitative estimate of drug-likeness (QED) is 0.869. The lowest BCUT2D eigenvalue weighted by Crippen LogP contribution is -2.80. The zero-order valence-corrected chi connectivity index (χ0v) is 14.4. The molecule has 21 heavy (non-hydrogen) atoms. The fraction of sp³-hybridized carbons (Fsp3) is 1.00. The van der Waals surface area contributed by atoms with Gasteiger partial charge in [-0.15, -0.1) is 0 Å². The Morgan fingerprint density at radius 2 is 1.95 bits per heavy atom. The van der Waals surface area contributed by atoms with E-state index in [-0.39, 0.29) is 11.0 Å². The molecule has 5 unspecified atom stereocenters. The summed E-state index contributed by atoms with van der Waals surface area (Å²) in [6.45, 7) is 8.99. The van der Waals surface area contributed by atoms with E-state index in [1.165, 1.54) is 38.5 Å². The molecule has 0 aromatic carbocycles. The Morgan fingerprint density at radius 3 is 2.67 bits per heavy atom. The molecule has 0 aromatic heterocycles. The minimum atomic E-state index is -0.0759. The van der Waals surface area contributed by atoms with Crippen LogP contribution in [0.15, 0.2) is 0 Å². The Hall–Kier alpha value is -0.120. The molecule has 1 aliphatic heterocycles. The van der Waals surface area contributed by atoms with Crippen LogP contribution in [0.25, 0.3) is 0 Å². The molecule has 3 rings (SSSR count). The summed E-state index contributed by atoms with van der Waals surface area (Å²) < 4.78 is 6.03. The summed E-state index contributed by atoms with van der Waals surface area (Å²) in [5.41, 5.74) is 6.98. The normalized spacial score (nSPS) is 46.0. The van der Waals surface area contributed by atoms with Crippen molar-refractivity contribution < 1.29 is 4.74 Å². The third-order valence-corrected chi connectivity index (χ3v) is 6.94. The third kappa shape index (κ3) is 2.46. The first kappa shape index (κ1) is 15.8. The second kappa shape index (κ2) is 5.50. The van der Waals surface area contributed by atoms with E-state index in [2.05, 4.69) is 32.7 Å². The zero-order valence-electron chi connectivity index (χ0n) is 14.4. The molecule has 0 bridgehead atoms. The molecule has 1 saturated heterocycles. The molecule has 122 valence electrons. The van der Waals surface area contributed by atoms with Crippen molar-refractivity contribution in [2.45, 2.75) is 77.0 Å². The van der Waals surface area contributed by atoms with Gasteiger partial charge >= 0.3 is 0 Å². The van der Waals surface area contributed by atoms with Crippen molar-refractivity contribution in [2.24, 2.45) is 23.0 Å². The van der Waals surface area contributed by atoms with Crippen molar-refractivity contribution in [1.82, 2.24) is 4.90 Å². The first-order valence-electron chi connectivity index (χ1n) is 8.97. The van der Waals surface area contributed by atoms with Crippen molar-refractivity contribution in [3.8, 4) is 0 Å². The number of hydrogen-bond donors (Lipinski definition) is 1. The lowest BCUT2D eigenvalue weighted by atomic mass is 9.46. The van der Waals surface area contributed by atoms with Gasteiger partial charge < -0.3 is 15.4 Å². The van der Waals surface area contributed by atoms with Crippen LogP contribution >= 0.6 is 0 Å². The number of nitrogens with zero attached hydrogens (tertiary/aromatic N) is 1. The Morgan fingerprint density at radius 1 is 1.19 bits per heavy atom. The van der Waals surface area contributed by atoms with Gasteiger partial charge in [-0.25, -0.2) is 0 Å². The highest BCUT2D eigenvalue weighted by Gasteiger charge is 2.66. The summed E-state index contributed by atoms with van der Waals surface area (Å²) in [6, 6.07) is 0.730. The van der Waals surface area contributed by atoms with Crippen LogP contribution in [-0.2, 0) is 4.74 Å². The summed E-state index contributed by atoms with van der Waals surface area (Å²) in [4.78, 5) is 2.57. The second-order valence-corrected chi connectivity index (χ2v) is 8.64. The van der Waals surface area contributed by atoms with Crippen LogP contribution in [0.3, 0.4) is 0 Å². The molecule has 2 N–H and O–H groups in total. The molecular formula is C18H34N2O. The highest BCUT2D eigenvalue weighted by Crippen LogP contribution is 2.57. The molecular weight excluding hydrogens is 260 g/mol. The van der Waals surface area contributed by atoms with Gasteiger partial charge in [0.15, 0.2) is 0 Å². The molecule has 5 atom stereocenters. The summed E-state index contributed by atoms with van der Waals surface area (Å²) in [6.07, 6.45) is 8.29. The molecule has 0 spiro atoms. The number of hydrogen-bond acceptors (Lipinski definition) is 3. The van der Waals surface area contributed by atoms with E-state index >= 15 is 0 Å². The summed E-state index contributed by atoms with van der Waals surface area (Å²) >= 11 is 0. The fourth-order valence-corrected chi connectivity index (χ4v) is 5.33. The van der Waals surface area contributed by atoms with E-state index in [0.29, 0.717) is 12.0 Å². The molecule has 0 radical (unpaired) electrons. The van der Waals surface area contributed by atoms with E-state index < -0.39 is 0 Å². The van der Waals surface area contributed by atoms with Gasteiger partial charge in [-0.05, 0) is 38.6 Å². The number of fused-ring (bicyclic) bond motifs is 1. The molecule has 2 saturated carbocycles. The minimum Gasteiger partial charge on any atom is -0.377 e. The maximum Gasteiger partial charge on any atom is 0.0690 e. The summed E-state index contributed by atoms with van der Waals surface area (Å²) in [5, 5.41) is 0. The number of likely N-dealkylation sites (N-methyl/N-ethyl adjacent to an activating group) is 1. The maximum atomic E-state index is 6.96. The van der Waals surface area contributed by atoms with Gasteiger partial charge in [-0.3, -0.25) is 0 Å². The van der Waals surface area contributed by atoms with Crippen LogP contribution in [-0.4, -0.2) is 42.8 Å². The van der Waals surface area contributed by atoms with Crippen molar-refractivity contribution in [1.29, 1.82) is 0 Å². The Balaban J connectivity index is 1.67. The van der Waals surface area contributed by atoms with Crippen molar-refractivity contribution in [3.05, 3.63) is 0 Å². The first-order valence-corrected chi connectivity index (χ1v) is 8.97. The standard InChI is InChI=1S/C18H34N2O/c1-13-7-5-8-14(11-13)20(4)12-18(19)15-9-6-10-21-16(15)17(18,2)3/h13-16H,5-12,19H2,1-4H3. The van der Waals surface area contributed by atoms with Crippen LogP contribution in [0, 0.1) is 17.3 Å². The maximum absolute atomic E-state index is 6.96. The van der Waals surface area contributed by atoms with Crippen LogP contribution in [0.2, 0.25) is 0 Å². The predicted molar refractivity (Wildman–Crippen MR) is 87.2 cm³/mol.